The average molecular weight is 381 g/mol. The van der Waals surface area contributed by atoms with E-state index in [4.69, 9.17) is 4.74 Å². The lowest BCUT2D eigenvalue weighted by Crippen LogP contribution is -2.53. The lowest BCUT2D eigenvalue weighted by atomic mass is 9.99. The molecule has 2 N–H and O–H groups in total. The maximum Gasteiger partial charge on any atom is 0.233 e. The van der Waals surface area contributed by atoms with Crippen molar-refractivity contribution in [2.45, 2.75) is 31.2 Å². The maximum atomic E-state index is 14.6. The minimum absolute atomic E-state index is 0.0880. The van der Waals surface area contributed by atoms with Crippen molar-refractivity contribution in [2.24, 2.45) is 5.92 Å². The highest BCUT2D eigenvalue weighted by molar-refractivity contribution is 5.68. The summed E-state index contributed by atoms with van der Waals surface area (Å²) in [7, 11) is 0. The Hall–Kier alpha value is -3.00. The van der Waals surface area contributed by atoms with Gasteiger partial charge in [-0.05, 0) is 31.5 Å². The number of halogens is 1. The van der Waals surface area contributed by atoms with Crippen LogP contribution in [0.1, 0.15) is 13.3 Å². The number of benzene rings is 1. The summed E-state index contributed by atoms with van der Waals surface area (Å²) in [5.74, 6) is 0.522. The third kappa shape index (κ3) is 2.72. The molecule has 1 saturated carbocycles. The quantitative estimate of drug-likeness (QED) is 0.722. The molecule has 0 unspecified atom stereocenters. The second-order valence-corrected chi connectivity index (χ2v) is 7.68. The fourth-order valence-corrected chi connectivity index (χ4v) is 4.23. The van der Waals surface area contributed by atoms with Crippen molar-refractivity contribution in [1.82, 2.24) is 25.1 Å². The zero-order chi connectivity index (χ0) is 19.3. The molecule has 4 atom stereocenters. The zero-order valence-corrected chi connectivity index (χ0v) is 15.3. The number of nitrogens with one attached hydrogen (secondary N) is 1. The van der Waals surface area contributed by atoms with Gasteiger partial charge in [0.15, 0.2) is 6.17 Å². The van der Waals surface area contributed by atoms with Gasteiger partial charge < -0.3 is 19.7 Å². The second-order valence-electron chi connectivity index (χ2n) is 7.68. The molecule has 5 rings (SSSR count). The van der Waals surface area contributed by atoms with E-state index in [0.717, 1.165) is 18.7 Å². The van der Waals surface area contributed by atoms with E-state index in [9.17, 15) is 9.50 Å². The first-order valence-electron chi connectivity index (χ1n) is 9.25. The van der Waals surface area contributed by atoms with Gasteiger partial charge in [0.25, 0.3) is 0 Å². The predicted molar refractivity (Wildman–Crippen MR) is 100 cm³/mol. The lowest BCUT2D eigenvalue weighted by Gasteiger charge is -2.32. The first kappa shape index (κ1) is 17.1. The molecule has 3 heterocycles. The van der Waals surface area contributed by atoms with E-state index in [2.05, 4.69) is 20.5 Å². The average Bonchev–Trinajstić information content (AvgIpc) is 3.41. The van der Waals surface area contributed by atoms with Gasteiger partial charge in [-0.3, -0.25) is 0 Å². The van der Waals surface area contributed by atoms with E-state index in [1.807, 2.05) is 13.0 Å². The van der Waals surface area contributed by atoms with Crippen molar-refractivity contribution in [3.8, 4) is 28.6 Å². The van der Waals surface area contributed by atoms with Crippen LogP contribution >= 0.6 is 0 Å². The minimum Gasteiger partial charge on any atom is -0.507 e. The highest BCUT2D eigenvalue weighted by Crippen LogP contribution is 2.43. The Morgan fingerprint density at radius 3 is 2.82 bits per heavy atom. The maximum absolute atomic E-state index is 14.6. The molecular formula is C20H20FN5O2. The molecule has 144 valence electrons. The van der Waals surface area contributed by atoms with Crippen molar-refractivity contribution in [2.75, 3.05) is 6.54 Å². The second kappa shape index (κ2) is 6.27. The van der Waals surface area contributed by atoms with Crippen LogP contribution in [0.15, 0.2) is 49.1 Å². The number of phenols is 1. The molecule has 2 fully saturated rings. The molecule has 8 heteroatoms. The van der Waals surface area contributed by atoms with Gasteiger partial charge in [-0.15, -0.1) is 10.2 Å². The topological polar surface area (TPSA) is 85.1 Å². The SMILES string of the molecule is C[C@]12C[C@H](CN1)[C@@H](Oc1ccc(-c3ccc(-n4ccnc4)cc3O)nn1)[C@H]2F. The van der Waals surface area contributed by atoms with E-state index in [-0.39, 0.29) is 11.7 Å². The highest BCUT2D eigenvalue weighted by Gasteiger charge is 2.57. The lowest BCUT2D eigenvalue weighted by molar-refractivity contribution is 0.0407. The Kier molecular flexibility index (Phi) is 3.83. The summed E-state index contributed by atoms with van der Waals surface area (Å²) in [6.45, 7) is 2.65. The van der Waals surface area contributed by atoms with Crippen molar-refractivity contribution in [3.63, 3.8) is 0 Å². The number of aromatic hydroxyl groups is 1. The third-order valence-electron chi connectivity index (χ3n) is 5.77. The summed E-state index contributed by atoms with van der Waals surface area (Å²) in [5, 5.41) is 21.9. The molecule has 1 aliphatic carbocycles. The fourth-order valence-electron chi connectivity index (χ4n) is 4.23. The van der Waals surface area contributed by atoms with Gasteiger partial charge in [0.1, 0.15) is 11.9 Å². The number of aromatic nitrogens is 4. The van der Waals surface area contributed by atoms with Crippen molar-refractivity contribution in [1.29, 1.82) is 0 Å². The molecule has 0 amide bonds. The normalized spacial score (nSPS) is 28.6. The summed E-state index contributed by atoms with van der Waals surface area (Å²) in [5.41, 5.74) is 1.35. The first-order valence-corrected chi connectivity index (χ1v) is 9.25. The number of nitrogens with zero attached hydrogens (tertiary/aromatic N) is 4. The van der Waals surface area contributed by atoms with Crippen LogP contribution in [0, 0.1) is 5.92 Å². The first-order chi connectivity index (χ1) is 13.5. The van der Waals surface area contributed by atoms with Gasteiger partial charge in [-0.1, -0.05) is 0 Å². The highest BCUT2D eigenvalue weighted by atomic mass is 19.1. The van der Waals surface area contributed by atoms with Crippen molar-refractivity contribution >= 4 is 0 Å². The van der Waals surface area contributed by atoms with E-state index in [0.29, 0.717) is 17.1 Å². The Morgan fingerprint density at radius 1 is 1.29 bits per heavy atom. The van der Waals surface area contributed by atoms with Crippen LogP contribution < -0.4 is 10.1 Å². The molecule has 7 nitrogen and oxygen atoms in total. The molecule has 1 aromatic carbocycles. The van der Waals surface area contributed by atoms with Crippen LogP contribution in [0.25, 0.3) is 16.9 Å². The number of hydrogen-bond acceptors (Lipinski definition) is 6. The van der Waals surface area contributed by atoms with Gasteiger partial charge in [0, 0.05) is 42.6 Å². The van der Waals surface area contributed by atoms with E-state index >= 15 is 0 Å². The van der Waals surface area contributed by atoms with Gasteiger partial charge in [0.2, 0.25) is 5.88 Å². The molecule has 3 aromatic rings. The largest absolute Gasteiger partial charge is 0.507 e. The van der Waals surface area contributed by atoms with Crippen LogP contribution in [0.5, 0.6) is 11.6 Å². The summed E-state index contributed by atoms with van der Waals surface area (Å²) >= 11 is 0. The number of phenolic OH excluding ortho intramolecular Hbond substituents is 1. The van der Waals surface area contributed by atoms with Crippen LogP contribution in [0.2, 0.25) is 0 Å². The molecule has 2 bridgehead atoms. The smallest absolute Gasteiger partial charge is 0.233 e. The Bertz CT molecular complexity index is 994. The van der Waals surface area contributed by atoms with Crippen LogP contribution in [-0.4, -0.2) is 49.2 Å². The minimum atomic E-state index is -1.08. The van der Waals surface area contributed by atoms with Crippen molar-refractivity contribution < 1.29 is 14.2 Å². The number of imidazole rings is 1. The molecule has 2 aromatic heterocycles. The summed E-state index contributed by atoms with van der Waals surface area (Å²) in [4.78, 5) is 4.00. The van der Waals surface area contributed by atoms with Crippen molar-refractivity contribution in [3.05, 3.63) is 49.1 Å². The third-order valence-corrected chi connectivity index (χ3v) is 5.77. The molecule has 1 saturated heterocycles. The number of fused-ring (bicyclic) bond motifs is 2. The van der Waals surface area contributed by atoms with Gasteiger partial charge in [-0.2, -0.15) is 0 Å². The Balaban J connectivity index is 1.34. The predicted octanol–water partition coefficient (Wildman–Crippen LogP) is 2.50. The molecule has 28 heavy (non-hydrogen) atoms. The molecule has 0 spiro atoms. The van der Waals surface area contributed by atoms with Gasteiger partial charge in [0.05, 0.1) is 23.2 Å². The van der Waals surface area contributed by atoms with E-state index < -0.39 is 17.8 Å². The van der Waals surface area contributed by atoms with E-state index in [1.165, 1.54) is 0 Å². The number of alkyl halides is 1. The van der Waals surface area contributed by atoms with Crippen LogP contribution in [0.3, 0.4) is 0 Å². The zero-order valence-electron chi connectivity index (χ0n) is 15.3. The molecule has 1 aliphatic heterocycles. The summed E-state index contributed by atoms with van der Waals surface area (Å²) < 4.78 is 22.2. The number of ether oxygens (including phenoxy) is 1. The van der Waals surface area contributed by atoms with E-state index in [1.54, 1.807) is 47.6 Å². The van der Waals surface area contributed by atoms with Crippen LogP contribution in [0.4, 0.5) is 4.39 Å². The Morgan fingerprint density at radius 2 is 2.18 bits per heavy atom. The van der Waals surface area contributed by atoms with Crippen LogP contribution in [-0.2, 0) is 0 Å². The molecule has 2 aliphatic rings. The summed E-state index contributed by atoms with van der Waals surface area (Å²) in [6.07, 6.45) is 4.31. The number of piperidine rings is 1. The standard InChI is InChI=1S/C20H20FN5O2/c1-20-9-12(10-23-20)18(19(20)21)28-17-5-4-15(24-25-17)14-3-2-13(8-16(14)27)26-7-6-22-11-26/h2-8,11-12,18-19,23,27H,9-10H2,1H3/t12-,18-,19-,20-/m1/s1. The molecular weight excluding hydrogens is 361 g/mol. The number of hydrogen-bond donors (Lipinski definition) is 2. The monoisotopic (exact) mass is 381 g/mol. The fraction of sp³-hybridized carbons (Fsp3) is 0.350. The number of rotatable bonds is 4. The van der Waals surface area contributed by atoms with Gasteiger partial charge in [-0.25, -0.2) is 9.37 Å². The summed E-state index contributed by atoms with van der Waals surface area (Å²) in [6, 6.07) is 8.66. The Labute approximate surface area is 161 Å². The van der Waals surface area contributed by atoms with Gasteiger partial charge >= 0.3 is 0 Å². The molecule has 0 radical (unpaired) electrons.